The molecule has 1 aromatic carbocycles. The molecule has 1 aliphatic heterocycles. The third-order valence-electron chi connectivity index (χ3n) is 4.44. The highest BCUT2D eigenvalue weighted by atomic mass is 79.9. The van der Waals surface area contributed by atoms with Crippen LogP contribution in [0.3, 0.4) is 0 Å². The topological polar surface area (TPSA) is 82.9 Å². The normalized spacial score (nSPS) is 16.2. The lowest BCUT2D eigenvalue weighted by molar-refractivity contribution is -0.136. The second-order valence-corrected chi connectivity index (χ2v) is 7.21. The van der Waals surface area contributed by atoms with Crippen molar-refractivity contribution in [3.8, 4) is 0 Å². The highest BCUT2D eigenvalue weighted by Crippen LogP contribution is 2.23. The summed E-state index contributed by atoms with van der Waals surface area (Å²) in [6.45, 7) is 0.395. The van der Waals surface area contributed by atoms with Crippen molar-refractivity contribution in [1.29, 1.82) is 0 Å². The largest absolute Gasteiger partial charge is 0.459 e. The van der Waals surface area contributed by atoms with E-state index in [1.54, 1.807) is 25.2 Å². The number of hydrogen-bond donors (Lipinski definition) is 1. The van der Waals surface area contributed by atoms with Crippen LogP contribution in [0.1, 0.15) is 23.4 Å². The maximum Gasteiger partial charge on any atom is 0.290 e. The van der Waals surface area contributed by atoms with Crippen molar-refractivity contribution in [2.75, 3.05) is 25.5 Å². The fourth-order valence-corrected chi connectivity index (χ4v) is 3.49. The summed E-state index contributed by atoms with van der Waals surface area (Å²) >= 11 is 3.37. The van der Waals surface area contributed by atoms with Gasteiger partial charge < -0.3 is 19.5 Å². The molecule has 142 valence electrons. The maximum absolute atomic E-state index is 12.8. The lowest BCUT2D eigenvalue weighted by Crippen LogP contribution is -2.48. The number of hydrogen-bond acceptors (Lipinski definition) is 4. The Bertz CT molecular complexity index is 837. The number of likely N-dealkylation sites (N-methyl/N-ethyl adjacent to an activating group) is 1. The molecule has 1 saturated heterocycles. The van der Waals surface area contributed by atoms with Crippen LogP contribution in [0, 0.1) is 0 Å². The van der Waals surface area contributed by atoms with Crippen LogP contribution in [0.25, 0.3) is 0 Å². The first-order valence-electron chi connectivity index (χ1n) is 8.61. The first-order chi connectivity index (χ1) is 13.0. The molecule has 3 amide bonds. The van der Waals surface area contributed by atoms with Gasteiger partial charge in [0, 0.05) is 18.1 Å². The second kappa shape index (κ2) is 8.39. The average molecular weight is 434 g/mol. The lowest BCUT2D eigenvalue weighted by Gasteiger charge is -2.27. The Hall–Kier alpha value is -2.61. The summed E-state index contributed by atoms with van der Waals surface area (Å²) < 4.78 is 5.92. The van der Waals surface area contributed by atoms with Crippen LogP contribution >= 0.6 is 15.9 Å². The van der Waals surface area contributed by atoms with Crippen molar-refractivity contribution in [2.24, 2.45) is 0 Å². The number of likely N-dealkylation sites (tertiary alicyclic amines) is 1. The zero-order chi connectivity index (χ0) is 19.4. The highest BCUT2D eigenvalue weighted by Gasteiger charge is 2.37. The Morgan fingerprint density at radius 3 is 2.74 bits per heavy atom. The van der Waals surface area contributed by atoms with Crippen molar-refractivity contribution >= 4 is 39.3 Å². The number of carbonyl (C=O) groups is 3. The van der Waals surface area contributed by atoms with Gasteiger partial charge in [-0.15, -0.1) is 0 Å². The predicted molar refractivity (Wildman–Crippen MR) is 103 cm³/mol. The van der Waals surface area contributed by atoms with E-state index in [2.05, 4.69) is 21.2 Å². The molecule has 0 saturated carbocycles. The summed E-state index contributed by atoms with van der Waals surface area (Å²) in [5, 5.41) is 2.77. The number of anilines is 1. The quantitative estimate of drug-likeness (QED) is 0.785. The Morgan fingerprint density at radius 1 is 1.26 bits per heavy atom. The number of benzene rings is 1. The maximum atomic E-state index is 12.8. The molecule has 7 nitrogen and oxygen atoms in total. The van der Waals surface area contributed by atoms with Gasteiger partial charge in [-0.1, -0.05) is 12.1 Å². The minimum atomic E-state index is -0.580. The molecular formula is C19H20BrN3O4. The Labute approximate surface area is 165 Å². The molecule has 1 aliphatic rings. The number of nitrogens with zero attached hydrogens (tertiary/aromatic N) is 2. The molecule has 1 N–H and O–H groups in total. The lowest BCUT2D eigenvalue weighted by atomic mass is 10.2. The number of para-hydroxylation sites is 1. The fourth-order valence-electron chi connectivity index (χ4n) is 3.11. The van der Waals surface area contributed by atoms with E-state index in [0.29, 0.717) is 18.7 Å². The van der Waals surface area contributed by atoms with E-state index in [1.165, 1.54) is 16.1 Å². The molecule has 2 heterocycles. The highest BCUT2D eigenvalue weighted by molar-refractivity contribution is 9.10. The smallest absolute Gasteiger partial charge is 0.290 e. The molecule has 3 rings (SSSR count). The molecule has 0 spiro atoms. The average Bonchev–Trinajstić information content (AvgIpc) is 3.34. The van der Waals surface area contributed by atoms with E-state index in [0.717, 1.165) is 10.9 Å². The zero-order valence-corrected chi connectivity index (χ0v) is 16.4. The predicted octanol–water partition coefficient (Wildman–Crippen LogP) is 2.74. The summed E-state index contributed by atoms with van der Waals surface area (Å²) in [6, 6.07) is 9.89. The van der Waals surface area contributed by atoms with Crippen molar-refractivity contribution in [3.63, 3.8) is 0 Å². The number of amides is 3. The summed E-state index contributed by atoms with van der Waals surface area (Å²) in [5.74, 6) is -0.653. The fraction of sp³-hybridized carbons (Fsp3) is 0.316. The van der Waals surface area contributed by atoms with E-state index in [1.807, 2.05) is 18.2 Å². The van der Waals surface area contributed by atoms with Crippen LogP contribution < -0.4 is 5.32 Å². The minimum Gasteiger partial charge on any atom is -0.459 e. The molecule has 0 radical (unpaired) electrons. The van der Waals surface area contributed by atoms with Crippen molar-refractivity contribution < 1.29 is 18.8 Å². The summed E-state index contributed by atoms with van der Waals surface area (Å²) in [7, 11) is 1.57. The van der Waals surface area contributed by atoms with Crippen LogP contribution in [0.4, 0.5) is 5.69 Å². The third kappa shape index (κ3) is 4.39. The van der Waals surface area contributed by atoms with Gasteiger partial charge in [-0.25, -0.2) is 0 Å². The number of carbonyl (C=O) groups excluding carboxylic acids is 3. The van der Waals surface area contributed by atoms with E-state index < -0.39 is 6.04 Å². The molecule has 1 fully saturated rings. The van der Waals surface area contributed by atoms with Gasteiger partial charge in [-0.3, -0.25) is 14.4 Å². The zero-order valence-electron chi connectivity index (χ0n) is 14.9. The molecule has 0 aliphatic carbocycles. The third-order valence-corrected chi connectivity index (χ3v) is 5.13. The first kappa shape index (κ1) is 19.2. The molecule has 8 heteroatoms. The monoisotopic (exact) mass is 433 g/mol. The Kier molecular flexibility index (Phi) is 5.95. The number of furan rings is 1. The van der Waals surface area contributed by atoms with E-state index >= 15 is 0 Å². The first-order valence-corrected chi connectivity index (χ1v) is 9.40. The van der Waals surface area contributed by atoms with Gasteiger partial charge in [0.1, 0.15) is 6.04 Å². The van der Waals surface area contributed by atoms with E-state index in [-0.39, 0.29) is 30.0 Å². The molecule has 27 heavy (non-hydrogen) atoms. The van der Waals surface area contributed by atoms with Crippen LogP contribution in [0.15, 0.2) is 51.6 Å². The molecule has 1 unspecified atom stereocenters. The summed E-state index contributed by atoms with van der Waals surface area (Å²) in [4.78, 5) is 40.5. The van der Waals surface area contributed by atoms with Gasteiger partial charge >= 0.3 is 0 Å². The van der Waals surface area contributed by atoms with Gasteiger partial charge in [0.25, 0.3) is 5.91 Å². The Balaban J connectivity index is 1.61. The standard InChI is InChI=1S/C19H20BrN3O4/c1-22(12-17(24)21-14-7-3-2-6-13(14)20)18(25)15-8-4-10-23(15)19(26)16-9-5-11-27-16/h2-3,5-7,9,11,15H,4,8,10,12H2,1H3,(H,21,24). The molecule has 1 atom stereocenters. The number of halogens is 1. The Morgan fingerprint density at radius 2 is 2.04 bits per heavy atom. The van der Waals surface area contributed by atoms with Crippen molar-refractivity contribution in [1.82, 2.24) is 9.80 Å². The van der Waals surface area contributed by atoms with Gasteiger partial charge in [0.2, 0.25) is 11.8 Å². The van der Waals surface area contributed by atoms with Gasteiger partial charge in [-0.2, -0.15) is 0 Å². The van der Waals surface area contributed by atoms with Crippen LogP contribution in [-0.4, -0.2) is 53.7 Å². The number of nitrogens with one attached hydrogen (secondary N) is 1. The van der Waals surface area contributed by atoms with Crippen LogP contribution in [0.2, 0.25) is 0 Å². The van der Waals surface area contributed by atoms with Crippen molar-refractivity contribution in [3.05, 3.63) is 52.9 Å². The van der Waals surface area contributed by atoms with E-state index in [9.17, 15) is 14.4 Å². The van der Waals surface area contributed by atoms with Gasteiger partial charge in [-0.05, 0) is 53.0 Å². The van der Waals surface area contributed by atoms with E-state index in [4.69, 9.17) is 4.42 Å². The summed E-state index contributed by atoms with van der Waals surface area (Å²) in [5.41, 5.74) is 0.638. The SMILES string of the molecule is CN(CC(=O)Nc1ccccc1Br)C(=O)C1CCCN1C(=O)c1ccco1. The minimum absolute atomic E-state index is 0.0978. The van der Waals surface area contributed by atoms with Gasteiger partial charge in [0.05, 0.1) is 18.5 Å². The van der Waals surface area contributed by atoms with Crippen molar-refractivity contribution in [2.45, 2.75) is 18.9 Å². The van der Waals surface area contributed by atoms with Crippen LogP contribution in [0.5, 0.6) is 0 Å². The molecule has 0 bridgehead atoms. The van der Waals surface area contributed by atoms with Gasteiger partial charge in [0.15, 0.2) is 5.76 Å². The molecule has 1 aromatic heterocycles. The summed E-state index contributed by atoms with van der Waals surface area (Å²) in [6.07, 6.45) is 2.74. The molecular weight excluding hydrogens is 414 g/mol. The molecule has 2 aromatic rings. The van der Waals surface area contributed by atoms with Crippen LogP contribution in [-0.2, 0) is 9.59 Å². The number of rotatable bonds is 5. The second-order valence-electron chi connectivity index (χ2n) is 6.36.